The maximum absolute atomic E-state index is 11.5. The first-order valence-electron chi connectivity index (χ1n) is 5.25. The minimum Gasteiger partial charge on any atom is -0.507 e. The van der Waals surface area contributed by atoms with E-state index in [0.717, 1.165) is 5.56 Å². The van der Waals surface area contributed by atoms with E-state index >= 15 is 0 Å². The predicted molar refractivity (Wildman–Crippen MR) is 78.4 cm³/mol. The van der Waals surface area contributed by atoms with E-state index in [0.29, 0.717) is 12.0 Å². The molecular formula is C13H16INO2. The van der Waals surface area contributed by atoms with Gasteiger partial charge in [0.1, 0.15) is 5.75 Å². The third-order valence-corrected chi connectivity index (χ3v) is 3.35. The summed E-state index contributed by atoms with van der Waals surface area (Å²) in [5, 5.41) is 9.54. The molecule has 0 aromatic heterocycles. The number of rotatable bonds is 5. The molecule has 92 valence electrons. The van der Waals surface area contributed by atoms with Gasteiger partial charge in [-0.3, -0.25) is 9.69 Å². The normalized spacial score (nSPS) is 12.5. The number of phenols is 1. The molecule has 0 saturated heterocycles. The third-order valence-electron chi connectivity index (χ3n) is 2.63. The van der Waals surface area contributed by atoms with Crippen LogP contribution in [0.5, 0.6) is 5.75 Å². The van der Waals surface area contributed by atoms with Gasteiger partial charge in [0.25, 0.3) is 0 Å². The predicted octanol–water partition coefficient (Wildman–Crippen LogP) is 2.47. The van der Waals surface area contributed by atoms with Crippen LogP contribution in [0.15, 0.2) is 24.8 Å². The van der Waals surface area contributed by atoms with Gasteiger partial charge >= 0.3 is 0 Å². The number of carbonyl (C=O) groups excluding carboxylic acids is 1. The topological polar surface area (TPSA) is 40.5 Å². The van der Waals surface area contributed by atoms with E-state index < -0.39 is 0 Å². The van der Waals surface area contributed by atoms with E-state index in [1.165, 1.54) is 0 Å². The molecule has 0 aliphatic rings. The number of phenolic OH excluding ortho intramolecular Hbond substituents is 1. The molecule has 1 atom stereocenters. The van der Waals surface area contributed by atoms with Gasteiger partial charge in [-0.15, -0.1) is 0 Å². The smallest absolute Gasteiger partial charge is 0.209 e. The third kappa shape index (κ3) is 3.81. The van der Waals surface area contributed by atoms with E-state index in [1.54, 1.807) is 12.1 Å². The van der Waals surface area contributed by atoms with Gasteiger partial charge < -0.3 is 5.11 Å². The molecule has 0 saturated carbocycles. The summed E-state index contributed by atoms with van der Waals surface area (Å²) in [5.74, 6) is 0.214. The minimum atomic E-state index is -0.141. The molecule has 0 bridgehead atoms. The number of hydrogen-bond acceptors (Lipinski definition) is 3. The summed E-state index contributed by atoms with van der Waals surface area (Å²) in [4.78, 5) is 13.4. The first-order chi connectivity index (χ1) is 7.95. The molecule has 0 heterocycles. The Morgan fingerprint density at radius 1 is 1.59 bits per heavy atom. The van der Waals surface area contributed by atoms with Gasteiger partial charge in [0.15, 0.2) is 0 Å². The van der Waals surface area contributed by atoms with Crippen LogP contribution in [-0.4, -0.2) is 33.9 Å². The summed E-state index contributed by atoms with van der Waals surface area (Å²) in [6.07, 6.45) is 2.24. The fraction of sp³-hybridized carbons (Fsp3) is 0.308. The van der Waals surface area contributed by atoms with Gasteiger partial charge in [0.05, 0.1) is 6.04 Å². The van der Waals surface area contributed by atoms with Crippen LogP contribution in [-0.2, 0) is 11.2 Å². The Kier molecular flexibility index (Phi) is 5.14. The highest BCUT2D eigenvalue weighted by Gasteiger charge is 2.18. The lowest BCUT2D eigenvalue weighted by atomic mass is 10.0. The molecule has 0 unspecified atom stereocenters. The summed E-state index contributed by atoms with van der Waals surface area (Å²) in [6.45, 7) is 3.64. The van der Waals surface area contributed by atoms with Gasteiger partial charge in [0.2, 0.25) is 3.79 Å². The number of benzene rings is 1. The van der Waals surface area contributed by atoms with Crippen LogP contribution in [0.1, 0.15) is 11.1 Å². The molecule has 0 amide bonds. The number of hydrogen-bond donors (Lipinski definition) is 1. The largest absolute Gasteiger partial charge is 0.507 e. The SMILES string of the molecule is C=Cc1cc(C[C@@H](C(=O)I)N(C)C)ccc1O. The Labute approximate surface area is 115 Å². The van der Waals surface area contributed by atoms with E-state index in [-0.39, 0.29) is 15.6 Å². The molecule has 4 heteroatoms. The van der Waals surface area contributed by atoms with Crippen molar-refractivity contribution in [3.05, 3.63) is 35.9 Å². The Morgan fingerprint density at radius 2 is 2.24 bits per heavy atom. The van der Waals surface area contributed by atoms with E-state index in [2.05, 4.69) is 6.58 Å². The second-order valence-corrected chi connectivity index (χ2v) is 5.15. The quantitative estimate of drug-likeness (QED) is 0.658. The van der Waals surface area contributed by atoms with Crippen molar-refractivity contribution in [3.63, 3.8) is 0 Å². The maximum atomic E-state index is 11.5. The first kappa shape index (κ1) is 14.2. The average molecular weight is 345 g/mol. The maximum Gasteiger partial charge on any atom is 0.209 e. The van der Waals surface area contributed by atoms with Crippen molar-refractivity contribution in [2.24, 2.45) is 0 Å². The van der Waals surface area contributed by atoms with Crippen LogP contribution in [0.2, 0.25) is 0 Å². The first-order valence-corrected chi connectivity index (χ1v) is 6.33. The van der Waals surface area contributed by atoms with Gasteiger partial charge in [-0.25, -0.2) is 0 Å². The summed E-state index contributed by atoms with van der Waals surface area (Å²) in [5.41, 5.74) is 1.71. The van der Waals surface area contributed by atoms with Crippen LogP contribution in [0, 0.1) is 0 Å². The molecule has 0 spiro atoms. The fourth-order valence-corrected chi connectivity index (χ4v) is 2.36. The molecule has 0 aliphatic heterocycles. The molecule has 1 rings (SSSR count). The molecular weight excluding hydrogens is 329 g/mol. The minimum absolute atomic E-state index is 0.112. The molecule has 1 N–H and O–H groups in total. The lowest BCUT2D eigenvalue weighted by Crippen LogP contribution is -2.34. The summed E-state index contributed by atoms with van der Waals surface area (Å²) >= 11 is 1.82. The monoisotopic (exact) mass is 345 g/mol. The molecule has 1 aromatic carbocycles. The standard InChI is InChI=1S/C13H16INO2/c1-4-10-7-9(5-6-12(10)16)8-11(13(14)17)15(2)3/h4-7,11,16H,1,8H2,2-3H3/t11-/m0/s1. The Hall–Kier alpha value is -0.880. The number of aromatic hydroxyl groups is 1. The van der Waals surface area contributed by atoms with Gasteiger partial charge in [-0.2, -0.15) is 0 Å². The van der Waals surface area contributed by atoms with Crippen molar-refractivity contribution in [1.82, 2.24) is 4.90 Å². The number of carbonyl (C=O) groups is 1. The molecule has 1 aromatic rings. The van der Waals surface area contributed by atoms with Crippen LogP contribution in [0.4, 0.5) is 0 Å². The molecule has 0 aliphatic carbocycles. The number of halogens is 1. The summed E-state index contributed by atoms with van der Waals surface area (Å²) in [6, 6.07) is 5.19. The van der Waals surface area contributed by atoms with Crippen LogP contribution >= 0.6 is 22.6 Å². The number of nitrogens with zero attached hydrogens (tertiary/aromatic N) is 1. The Balaban J connectivity index is 2.94. The van der Waals surface area contributed by atoms with Crippen molar-refractivity contribution in [2.45, 2.75) is 12.5 Å². The van der Waals surface area contributed by atoms with Crippen LogP contribution in [0.3, 0.4) is 0 Å². The zero-order chi connectivity index (χ0) is 13.0. The Morgan fingerprint density at radius 3 is 2.71 bits per heavy atom. The van der Waals surface area contributed by atoms with Crippen molar-refractivity contribution < 1.29 is 9.90 Å². The lowest BCUT2D eigenvalue weighted by Gasteiger charge is -2.20. The zero-order valence-electron chi connectivity index (χ0n) is 9.98. The van der Waals surface area contributed by atoms with Crippen molar-refractivity contribution in [1.29, 1.82) is 0 Å². The second kappa shape index (κ2) is 6.16. The Bertz CT molecular complexity index is 429. The second-order valence-electron chi connectivity index (χ2n) is 4.08. The van der Waals surface area contributed by atoms with Gasteiger partial charge in [-0.1, -0.05) is 18.7 Å². The van der Waals surface area contributed by atoms with Crippen molar-refractivity contribution in [2.75, 3.05) is 14.1 Å². The van der Waals surface area contributed by atoms with Crippen LogP contribution in [0.25, 0.3) is 6.08 Å². The molecule has 0 fully saturated rings. The highest BCUT2D eigenvalue weighted by molar-refractivity contribution is 14.1. The van der Waals surface area contributed by atoms with E-state index in [4.69, 9.17) is 0 Å². The number of likely N-dealkylation sites (N-methyl/N-ethyl adjacent to an activating group) is 1. The summed E-state index contributed by atoms with van der Waals surface area (Å²) < 4.78 is 0.112. The molecule has 0 radical (unpaired) electrons. The van der Waals surface area contributed by atoms with Crippen molar-refractivity contribution in [3.8, 4) is 5.75 Å². The fourth-order valence-electron chi connectivity index (χ4n) is 1.58. The molecule has 3 nitrogen and oxygen atoms in total. The average Bonchev–Trinajstić information content (AvgIpc) is 2.26. The van der Waals surface area contributed by atoms with Gasteiger partial charge in [0, 0.05) is 28.2 Å². The van der Waals surface area contributed by atoms with Crippen molar-refractivity contribution >= 4 is 32.5 Å². The van der Waals surface area contributed by atoms with Crippen LogP contribution < -0.4 is 0 Å². The highest BCUT2D eigenvalue weighted by Crippen LogP contribution is 2.21. The molecule has 17 heavy (non-hydrogen) atoms. The zero-order valence-corrected chi connectivity index (χ0v) is 12.1. The van der Waals surface area contributed by atoms with E-state index in [9.17, 15) is 9.90 Å². The lowest BCUT2D eigenvalue weighted by molar-refractivity contribution is -0.113. The highest BCUT2D eigenvalue weighted by atomic mass is 127. The summed E-state index contributed by atoms with van der Waals surface area (Å²) in [7, 11) is 3.77. The van der Waals surface area contributed by atoms with E-state index in [1.807, 2.05) is 53.7 Å². The van der Waals surface area contributed by atoms with Gasteiger partial charge in [-0.05, 0) is 38.2 Å².